The molecule has 0 radical (unpaired) electrons. The minimum atomic E-state index is -1.02. The summed E-state index contributed by atoms with van der Waals surface area (Å²) in [6.07, 6.45) is 3.93. The Hall–Kier alpha value is -4.60. The number of carbonyl (C=O) groups is 2. The van der Waals surface area contributed by atoms with Crippen LogP contribution in [0.15, 0.2) is 66.7 Å². The summed E-state index contributed by atoms with van der Waals surface area (Å²) in [4.78, 5) is 28.0. The lowest BCUT2D eigenvalue weighted by Gasteiger charge is -2.26. The Morgan fingerprint density at radius 3 is 2.25 bits per heavy atom. The number of hydrogen-bond acceptors (Lipinski definition) is 7. The van der Waals surface area contributed by atoms with Gasteiger partial charge in [-0.3, -0.25) is 9.59 Å². The Morgan fingerprint density at radius 1 is 0.875 bits per heavy atom. The number of hydrogen-bond donors (Lipinski definition) is 2. The maximum atomic E-state index is 14.3. The molecule has 10 heteroatoms. The minimum absolute atomic E-state index is 0.0590. The summed E-state index contributed by atoms with van der Waals surface area (Å²) in [5.74, 6) is 0.764. The highest BCUT2D eigenvalue weighted by molar-refractivity contribution is 5.92. The van der Waals surface area contributed by atoms with Crippen molar-refractivity contribution in [2.45, 2.75) is 43.8 Å². The fraction of sp³-hybridized carbons (Fsp3) is 0.333. The lowest BCUT2D eigenvalue weighted by molar-refractivity contribution is -0.130. The van der Waals surface area contributed by atoms with E-state index >= 15 is 0 Å². The van der Waals surface area contributed by atoms with Crippen LogP contribution in [0, 0.1) is 0 Å². The van der Waals surface area contributed by atoms with Crippen molar-refractivity contribution < 1.29 is 23.8 Å². The van der Waals surface area contributed by atoms with Gasteiger partial charge in [0.1, 0.15) is 28.8 Å². The Bertz CT molecular complexity index is 1470. The van der Waals surface area contributed by atoms with Crippen LogP contribution in [0.4, 0.5) is 0 Å². The molecule has 2 N–H and O–H groups in total. The number of nitrogens with one attached hydrogen (secondary N) is 2. The molecule has 10 nitrogen and oxygen atoms in total. The van der Waals surface area contributed by atoms with Gasteiger partial charge >= 0.3 is 0 Å². The third-order valence-electron chi connectivity index (χ3n) is 7.26. The van der Waals surface area contributed by atoms with Gasteiger partial charge in [-0.15, -0.1) is 5.10 Å². The minimum Gasteiger partial charge on any atom is -0.497 e. The summed E-state index contributed by atoms with van der Waals surface area (Å²) in [5, 5.41) is 14.7. The molecule has 40 heavy (non-hydrogen) atoms. The predicted octanol–water partition coefficient (Wildman–Crippen LogP) is 3.96. The van der Waals surface area contributed by atoms with Gasteiger partial charge in [-0.1, -0.05) is 48.4 Å². The molecule has 1 aliphatic carbocycles. The van der Waals surface area contributed by atoms with E-state index in [9.17, 15) is 9.59 Å². The number of fused-ring (bicyclic) bond motifs is 1. The van der Waals surface area contributed by atoms with Crippen molar-refractivity contribution in [1.29, 1.82) is 0 Å². The van der Waals surface area contributed by atoms with Crippen LogP contribution in [-0.4, -0.2) is 54.2 Å². The normalized spacial score (nSPS) is 14.9. The van der Waals surface area contributed by atoms with Crippen molar-refractivity contribution in [3.8, 4) is 17.2 Å². The summed E-state index contributed by atoms with van der Waals surface area (Å²) >= 11 is 0. The van der Waals surface area contributed by atoms with Crippen LogP contribution < -0.4 is 24.8 Å². The van der Waals surface area contributed by atoms with Gasteiger partial charge in [0.2, 0.25) is 5.91 Å². The zero-order chi connectivity index (χ0) is 28.1. The molecule has 1 aromatic heterocycles. The zero-order valence-corrected chi connectivity index (χ0v) is 22.8. The van der Waals surface area contributed by atoms with E-state index in [0.717, 1.165) is 25.7 Å². The second-order valence-electron chi connectivity index (χ2n) is 9.74. The molecule has 0 spiro atoms. The maximum absolute atomic E-state index is 14.3. The van der Waals surface area contributed by atoms with Gasteiger partial charge in [-0.2, -0.15) is 0 Å². The van der Waals surface area contributed by atoms with Crippen LogP contribution in [0.1, 0.15) is 48.9 Å². The number of aromatic nitrogens is 3. The van der Waals surface area contributed by atoms with E-state index in [2.05, 4.69) is 20.9 Å². The van der Waals surface area contributed by atoms with Gasteiger partial charge in [0.25, 0.3) is 5.91 Å². The fourth-order valence-electron chi connectivity index (χ4n) is 5.23. The molecule has 0 unspecified atom stereocenters. The number of carbonyl (C=O) groups excluding carboxylic acids is 2. The quantitative estimate of drug-likeness (QED) is 0.311. The third kappa shape index (κ3) is 5.56. The molecule has 3 aromatic carbocycles. The van der Waals surface area contributed by atoms with E-state index in [1.54, 1.807) is 36.1 Å². The highest BCUT2D eigenvalue weighted by atomic mass is 16.5. The summed E-state index contributed by atoms with van der Waals surface area (Å²) < 4.78 is 18.1. The Kier molecular flexibility index (Phi) is 8.14. The standard InChI is InChI=1S/C30H33N5O5/c1-38-21-16-19(17-22(18-21)39-2)27(29(36)31-20-10-4-5-11-20)32-30(37)28(23-12-6-9-15-26(23)40-3)35-25-14-8-7-13-24(25)33-34-35/h6-9,12-18,20,27-28H,4-5,10-11H2,1-3H3,(H,31,36)(H,32,37)/t27-,28-/m0/s1. The first-order chi connectivity index (χ1) is 19.5. The summed E-state index contributed by atoms with van der Waals surface area (Å²) in [7, 11) is 4.63. The van der Waals surface area contributed by atoms with Crippen LogP contribution in [0.3, 0.4) is 0 Å². The zero-order valence-electron chi connectivity index (χ0n) is 22.8. The lowest BCUT2D eigenvalue weighted by atomic mass is 10.0. The van der Waals surface area contributed by atoms with E-state index in [-0.39, 0.29) is 11.9 Å². The van der Waals surface area contributed by atoms with Crippen molar-refractivity contribution in [1.82, 2.24) is 25.6 Å². The van der Waals surface area contributed by atoms with Gasteiger partial charge in [-0.05, 0) is 48.7 Å². The Morgan fingerprint density at radius 2 is 1.55 bits per heavy atom. The van der Waals surface area contributed by atoms with Crippen molar-refractivity contribution in [3.05, 3.63) is 77.9 Å². The molecule has 0 aliphatic heterocycles. The largest absolute Gasteiger partial charge is 0.497 e. The SMILES string of the molecule is COc1cc(OC)cc([C@H](NC(=O)[C@H](c2ccccc2OC)n2nnc3ccccc32)C(=O)NC2CCCC2)c1. The van der Waals surface area contributed by atoms with Crippen LogP contribution in [-0.2, 0) is 9.59 Å². The van der Waals surface area contributed by atoms with Crippen molar-refractivity contribution >= 4 is 22.8 Å². The number of para-hydroxylation sites is 2. The molecule has 1 heterocycles. The molecular formula is C30H33N5O5. The van der Waals surface area contributed by atoms with Crippen LogP contribution in [0.5, 0.6) is 17.2 Å². The van der Waals surface area contributed by atoms with Crippen molar-refractivity contribution in [3.63, 3.8) is 0 Å². The summed E-state index contributed by atoms with van der Waals surface area (Å²) in [6.45, 7) is 0. The molecule has 208 valence electrons. The Balaban J connectivity index is 1.58. The van der Waals surface area contributed by atoms with Gasteiger partial charge in [-0.25, -0.2) is 4.68 Å². The van der Waals surface area contributed by atoms with Crippen LogP contribution in [0.2, 0.25) is 0 Å². The van der Waals surface area contributed by atoms with E-state index in [1.807, 2.05) is 42.5 Å². The van der Waals surface area contributed by atoms with Crippen molar-refractivity contribution in [2.75, 3.05) is 21.3 Å². The summed E-state index contributed by atoms with van der Waals surface area (Å²) in [5.41, 5.74) is 2.42. The molecule has 0 bridgehead atoms. The Labute approximate surface area is 232 Å². The molecule has 2 amide bonds. The van der Waals surface area contributed by atoms with Crippen LogP contribution >= 0.6 is 0 Å². The predicted molar refractivity (Wildman–Crippen MR) is 149 cm³/mol. The summed E-state index contributed by atoms with van der Waals surface area (Å²) in [6, 6.07) is 17.9. The van der Waals surface area contributed by atoms with Gasteiger partial charge in [0, 0.05) is 17.7 Å². The monoisotopic (exact) mass is 543 g/mol. The third-order valence-corrected chi connectivity index (χ3v) is 7.26. The topological polar surface area (TPSA) is 117 Å². The van der Waals surface area contributed by atoms with Gasteiger partial charge in [0.15, 0.2) is 6.04 Å². The number of amides is 2. The first-order valence-electron chi connectivity index (χ1n) is 13.3. The average molecular weight is 544 g/mol. The smallest absolute Gasteiger partial charge is 0.250 e. The molecule has 5 rings (SSSR count). The molecule has 2 atom stereocenters. The molecule has 1 fully saturated rings. The fourth-order valence-corrected chi connectivity index (χ4v) is 5.23. The number of rotatable bonds is 10. The number of benzene rings is 3. The second-order valence-corrected chi connectivity index (χ2v) is 9.74. The van der Waals surface area contributed by atoms with Crippen LogP contribution in [0.25, 0.3) is 11.0 Å². The highest BCUT2D eigenvalue weighted by Gasteiger charge is 2.34. The first kappa shape index (κ1) is 27.0. The molecule has 1 saturated carbocycles. The molecule has 0 saturated heterocycles. The van der Waals surface area contributed by atoms with Gasteiger partial charge in [0.05, 0.1) is 26.8 Å². The second kappa shape index (κ2) is 12.1. The molecule has 1 aliphatic rings. The van der Waals surface area contributed by atoms with E-state index in [4.69, 9.17) is 14.2 Å². The number of methoxy groups -OCH3 is 3. The number of nitrogens with zero attached hydrogens (tertiary/aromatic N) is 3. The highest BCUT2D eigenvalue weighted by Crippen LogP contribution is 2.32. The molecule has 4 aromatic rings. The van der Waals surface area contributed by atoms with E-state index < -0.39 is 18.0 Å². The van der Waals surface area contributed by atoms with Gasteiger partial charge < -0.3 is 24.8 Å². The molecular weight excluding hydrogens is 510 g/mol. The average Bonchev–Trinajstić information content (AvgIpc) is 3.66. The first-order valence-corrected chi connectivity index (χ1v) is 13.3. The number of ether oxygens (including phenoxy) is 3. The van der Waals surface area contributed by atoms with E-state index in [0.29, 0.717) is 39.4 Å². The lowest BCUT2D eigenvalue weighted by Crippen LogP contribution is -2.45. The maximum Gasteiger partial charge on any atom is 0.250 e. The van der Waals surface area contributed by atoms with Crippen molar-refractivity contribution in [2.24, 2.45) is 0 Å². The van der Waals surface area contributed by atoms with E-state index in [1.165, 1.54) is 14.2 Å².